The zero-order chi connectivity index (χ0) is 28.5. The van der Waals surface area contributed by atoms with E-state index in [4.69, 9.17) is 13.6 Å². The minimum atomic E-state index is -0.386. The van der Waals surface area contributed by atoms with Gasteiger partial charge in [0.25, 0.3) is 0 Å². The zero-order valence-electron chi connectivity index (χ0n) is 24.8. The van der Waals surface area contributed by atoms with Crippen molar-refractivity contribution in [3.05, 3.63) is 70.8 Å². The summed E-state index contributed by atoms with van der Waals surface area (Å²) in [7, 11) is 6.14. The predicted molar refractivity (Wildman–Crippen MR) is 168 cm³/mol. The summed E-state index contributed by atoms with van der Waals surface area (Å²) in [6.07, 6.45) is 6.15. The van der Waals surface area contributed by atoms with E-state index in [0.29, 0.717) is 12.9 Å². The highest BCUT2D eigenvalue weighted by Crippen LogP contribution is 2.43. The lowest BCUT2D eigenvalue weighted by atomic mass is 9.72. The molecule has 0 fully saturated rings. The largest absolute Gasteiger partial charge is 0.329 e. The number of benzene rings is 2. The number of thioether (sulfide) groups is 1. The average Bonchev–Trinajstić information content (AvgIpc) is 2.99. The first-order valence-corrected chi connectivity index (χ1v) is 15.2. The minimum Gasteiger partial charge on any atom is -0.329 e. The number of thiocyanates is 1. The van der Waals surface area contributed by atoms with Gasteiger partial charge in [-0.2, -0.15) is 5.26 Å². The Morgan fingerprint density at radius 1 is 0.684 bits per heavy atom. The summed E-state index contributed by atoms with van der Waals surface area (Å²) in [6, 6.07) is 17.7. The molecule has 2 N–H and O–H groups in total. The fraction of sp³-hybridized carbons (Fsp3) is 0.559. The van der Waals surface area contributed by atoms with Gasteiger partial charge in [0.1, 0.15) is 5.40 Å². The standard InChI is InChI=1S/C34H47BN2S/c1-8-31(7,9-2)27-14-16-29(17-15-27)33(12-5,25-36)23-22-32(10-3,11-4)28-18-20-30(21-19-28)34(13-6,24-35)38-26-37/h14-21H,8-13,24-25,36H2,1-7H3. The van der Waals surface area contributed by atoms with Gasteiger partial charge in [-0.05, 0) is 78.0 Å². The summed E-state index contributed by atoms with van der Waals surface area (Å²) >= 11 is 1.26. The van der Waals surface area contributed by atoms with Crippen LogP contribution in [0.5, 0.6) is 0 Å². The Balaban J connectivity index is 2.55. The second kappa shape index (κ2) is 13.8. The molecular weight excluding hydrogens is 479 g/mol. The van der Waals surface area contributed by atoms with Crippen LogP contribution in [0.3, 0.4) is 0 Å². The lowest BCUT2D eigenvalue weighted by molar-refractivity contribution is 0.438. The van der Waals surface area contributed by atoms with E-state index < -0.39 is 0 Å². The van der Waals surface area contributed by atoms with Crippen molar-refractivity contribution in [3.63, 3.8) is 0 Å². The fourth-order valence-electron chi connectivity index (χ4n) is 5.49. The van der Waals surface area contributed by atoms with Crippen LogP contribution < -0.4 is 5.73 Å². The molecule has 202 valence electrons. The number of rotatable bonds is 13. The van der Waals surface area contributed by atoms with Gasteiger partial charge < -0.3 is 5.73 Å². The van der Waals surface area contributed by atoms with Crippen molar-refractivity contribution in [3.8, 4) is 17.2 Å². The summed E-state index contributed by atoms with van der Waals surface area (Å²) in [4.78, 5) is 0. The zero-order valence-corrected chi connectivity index (χ0v) is 25.6. The Morgan fingerprint density at radius 3 is 1.47 bits per heavy atom. The molecule has 0 heterocycles. The first-order chi connectivity index (χ1) is 18.2. The van der Waals surface area contributed by atoms with Gasteiger partial charge >= 0.3 is 0 Å². The first-order valence-electron chi connectivity index (χ1n) is 14.4. The van der Waals surface area contributed by atoms with E-state index in [1.807, 2.05) is 0 Å². The van der Waals surface area contributed by atoms with Crippen molar-refractivity contribution in [2.75, 3.05) is 6.54 Å². The van der Waals surface area contributed by atoms with Crippen molar-refractivity contribution in [2.24, 2.45) is 5.73 Å². The second-order valence-corrected chi connectivity index (χ2v) is 12.0. The highest BCUT2D eigenvalue weighted by molar-refractivity contribution is 8.04. The van der Waals surface area contributed by atoms with E-state index in [0.717, 1.165) is 44.1 Å². The molecule has 4 heteroatoms. The summed E-state index contributed by atoms with van der Waals surface area (Å²) in [5.74, 6) is 7.48. The summed E-state index contributed by atoms with van der Waals surface area (Å²) < 4.78 is -0.380. The molecule has 0 spiro atoms. The van der Waals surface area contributed by atoms with Crippen LogP contribution in [-0.4, -0.2) is 14.4 Å². The van der Waals surface area contributed by atoms with Gasteiger partial charge in [-0.3, -0.25) is 0 Å². The molecule has 0 amide bonds. The number of nitrogens with zero attached hydrogens (tertiary/aromatic N) is 1. The van der Waals surface area contributed by atoms with Crippen molar-refractivity contribution >= 4 is 19.6 Å². The monoisotopic (exact) mass is 526 g/mol. The van der Waals surface area contributed by atoms with Crippen LogP contribution in [0.2, 0.25) is 6.32 Å². The summed E-state index contributed by atoms with van der Waals surface area (Å²) in [5, 5.41) is 11.6. The maximum Gasteiger partial charge on any atom is 0.134 e. The van der Waals surface area contributed by atoms with E-state index >= 15 is 0 Å². The van der Waals surface area contributed by atoms with Gasteiger partial charge in [-0.15, -0.1) is 0 Å². The molecular formula is C34H47BN2S. The Morgan fingerprint density at radius 2 is 1.11 bits per heavy atom. The highest BCUT2D eigenvalue weighted by Gasteiger charge is 2.33. The lowest BCUT2D eigenvalue weighted by Gasteiger charge is -2.32. The van der Waals surface area contributed by atoms with E-state index in [1.54, 1.807) is 0 Å². The molecule has 38 heavy (non-hydrogen) atoms. The van der Waals surface area contributed by atoms with E-state index in [2.05, 4.69) is 114 Å². The van der Waals surface area contributed by atoms with Crippen LogP contribution >= 0.6 is 11.8 Å². The van der Waals surface area contributed by atoms with Crippen LogP contribution in [0.25, 0.3) is 0 Å². The van der Waals surface area contributed by atoms with Crippen LogP contribution in [0, 0.1) is 22.5 Å². The predicted octanol–water partition coefficient (Wildman–Crippen LogP) is 8.54. The molecule has 0 aromatic heterocycles. The molecule has 2 radical (unpaired) electrons. The summed E-state index contributed by atoms with van der Waals surface area (Å²) in [5.41, 5.74) is 10.9. The van der Waals surface area contributed by atoms with Crippen LogP contribution in [0.4, 0.5) is 0 Å². The Bertz CT molecular complexity index is 1100. The maximum atomic E-state index is 9.38. The third-order valence-corrected chi connectivity index (χ3v) is 10.7. The molecule has 2 atom stereocenters. The van der Waals surface area contributed by atoms with Crippen molar-refractivity contribution in [1.82, 2.24) is 0 Å². The molecule has 2 nitrogen and oxygen atoms in total. The normalized spacial score (nSPS) is 15.0. The second-order valence-electron chi connectivity index (χ2n) is 10.8. The molecule has 0 aliphatic heterocycles. The molecule has 2 unspecified atom stereocenters. The van der Waals surface area contributed by atoms with Gasteiger partial charge in [0.15, 0.2) is 0 Å². The number of hydrogen-bond donors (Lipinski definition) is 1. The molecule has 0 aliphatic carbocycles. The molecule has 2 aromatic rings. The average molecular weight is 527 g/mol. The molecule has 2 aromatic carbocycles. The van der Waals surface area contributed by atoms with Gasteiger partial charge in [-0.25, -0.2) is 0 Å². The van der Waals surface area contributed by atoms with Crippen LogP contribution in [0.15, 0.2) is 48.5 Å². The summed E-state index contributed by atoms with van der Waals surface area (Å²) in [6.45, 7) is 16.1. The van der Waals surface area contributed by atoms with Crippen LogP contribution in [0.1, 0.15) is 109 Å². The quantitative estimate of drug-likeness (QED) is 0.162. The van der Waals surface area contributed by atoms with E-state index in [-0.39, 0.29) is 21.0 Å². The molecule has 0 saturated heterocycles. The Kier molecular flexibility index (Phi) is 11.6. The third kappa shape index (κ3) is 6.19. The number of nitrogens with two attached hydrogens (primary N) is 1. The first kappa shape index (κ1) is 32.1. The van der Waals surface area contributed by atoms with Crippen molar-refractivity contribution in [1.29, 1.82) is 5.26 Å². The lowest BCUT2D eigenvalue weighted by Crippen LogP contribution is -2.34. The Hall–Kier alpha value is -2.14. The number of hydrogen-bond acceptors (Lipinski definition) is 3. The van der Waals surface area contributed by atoms with Crippen LogP contribution in [-0.2, 0) is 21.0 Å². The number of nitriles is 1. The maximum absolute atomic E-state index is 9.38. The SMILES string of the molecule is [B]CC(CC)(SC#N)c1ccc(C(C#CC(CC)(CN)c2ccc(C(C)(CC)CC)cc2)(CC)CC)cc1. The molecule has 0 bridgehead atoms. The molecule has 0 aliphatic rings. The molecule has 0 saturated carbocycles. The van der Waals surface area contributed by atoms with Gasteiger partial charge in [0.05, 0.1) is 18.7 Å². The highest BCUT2D eigenvalue weighted by atomic mass is 32.2. The third-order valence-electron chi connectivity index (χ3n) is 9.50. The van der Waals surface area contributed by atoms with E-state index in [1.165, 1.54) is 28.5 Å². The van der Waals surface area contributed by atoms with Gasteiger partial charge in [-0.1, -0.05) is 115 Å². The topological polar surface area (TPSA) is 49.8 Å². The minimum absolute atomic E-state index is 0.193. The fourth-order valence-corrected chi connectivity index (χ4v) is 6.15. The Labute approximate surface area is 239 Å². The smallest absolute Gasteiger partial charge is 0.134 e. The molecule has 2 rings (SSSR count). The van der Waals surface area contributed by atoms with Gasteiger partial charge in [0, 0.05) is 11.3 Å². The van der Waals surface area contributed by atoms with Gasteiger partial charge in [0.2, 0.25) is 0 Å². The van der Waals surface area contributed by atoms with E-state index in [9.17, 15) is 5.26 Å². The van der Waals surface area contributed by atoms with Crippen molar-refractivity contribution < 1.29 is 0 Å². The van der Waals surface area contributed by atoms with Crippen molar-refractivity contribution in [2.45, 2.75) is 114 Å².